The molecule has 1 N–H and O–H groups in total. The highest BCUT2D eigenvalue weighted by Gasteiger charge is 2.14. The third-order valence-corrected chi connectivity index (χ3v) is 5.40. The molecule has 0 saturated carbocycles. The second-order valence-electron chi connectivity index (χ2n) is 6.57. The van der Waals surface area contributed by atoms with E-state index in [1.807, 2.05) is 23.6 Å². The zero-order valence-corrected chi connectivity index (χ0v) is 14.9. The molecule has 2 aromatic heterocycles. The van der Waals surface area contributed by atoms with Crippen LogP contribution < -0.4 is 0 Å². The number of halogens is 1. The standard InChI is InChI=1S/C15H23ClN2O2Si/c1-11-7-14(16)17-15-13(11)8-12(9-19)18(15)10-20-5-6-21(2,3)4/h7-8,19H,5-6,9-10H2,1-4H3. The molecule has 0 atom stereocenters. The van der Waals surface area contributed by atoms with Gasteiger partial charge in [-0.05, 0) is 30.7 Å². The van der Waals surface area contributed by atoms with Crippen LogP contribution in [-0.4, -0.2) is 29.3 Å². The van der Waals surface area contributed by atoms with Crippen LogP contribution in [0.15, 0.2) is 12.1 Å². The summed E-state index contributed by atoms with van der Waals surface area (Å²) in [6, 6.07) is 4.91. The third kappa shape index (κ3) is 4.07. The molecule has 2 aromatic rings. The second kappa shape index (κ2) is 6.48. The van der Waals surface area contributed by atoms with Gasteiger partial charge >= 0.3 is 0 Å². The van der Waals surface area contributed by atoms with Gasteiger partial charge in [0, 0.05) is 25.8 Å². The average Bonchev–Trinajstić information content (AvgIpc) is 2.72. The predicted octanol–water partition coefficient (Wildman–Crippen LogP) is 3.80. The molecule has 0 aliphatic heterocycles. The SMILES string of the molecule is Cc1cc(Cl)nc2c1cc(CO)n2COCC[Si](C)(C)C. The van der Waals surface area contributed by atoms with Crippen LogP contribution in [0, 0.1) is 6.92 Å². The summed E-state index contributed by atoms with van der Waals surface area (Å²) in [5.41, 5.74) is 2.63. The van der Waals surface area contributed by atoms with Gasteiger partial charge in [0.15, 0.2) is 0 Å². The molecule has 0 radical (unpaired) electrons. The maximum absolute atomic E-state index is 9.54. The molecular formula is C15H23ClN2O2Si. The number of aromatic nitrogens is 2. The van der Waals surface area contributed by atoms with Crippen LogP contribution in [0.1, 0.15) is 11.3 Å². The molecule has 2 rings (SSSR count). The van der Waals surface area contributed by atoms with E-state index < -0.39 is 8.07 Å². The number of aryl methyl sites for hydroxylation is 1. The molecular weight excluding hydrogens is 304 g/mol. The van der Waals surface area contributed by atoms with Gasteiger partial charge in [-0.2, -0.15) is 0 Å². The van der Waals surface area contributed by atoms with Crippen molar-refractivity contribution in [3.05, 3.63) is 28.5 Å². The molecule has 0 amide bonds. The average molecular weight is 327 g/mol. The van der Waals surface area contributed by atoms with Crippen LogP contribution >= 0.6 is 11.6 Å². The minimum Gasteiger partial charge on any atom is -0.390 e. The summed E-state index contributed by atoms with van der Waals surface area (Å²) in [5, 5.41) is 11.0. The normalized spacial score (nSPS) is 12.3. The van der Waals surface area contributed by atoms with E-state index in [-0.39, 0.29) is 6.61 Å². The lowest BCUT2D eigenvalue weighted by atomic mass is 10.2. The van der Waals surface area contributed by atoms with E-state index in [0.29, 0.717) is 11.9 Å². The lowest BCUT2D eigenvalue weighted by molar-refractivity contribution is 0.0850. The van der Waals surface area contributed by atoms with Crippen LogP contribution in [0.3, 0.4) is 0 Å². The molecule has 6 heteroatoms. The third-order valence-electron chi connectivity index (χ3n) is 3.51. The van der Waals surface area contributed by atoms with Gasteiger partial charge in [-0.3, -0.25) is 0 Å². The Morgan fingerprint density at radius 2 is 2.05 bits per heavy atom. The van der Waals surface area contributed by atoms with Gasteiger partial charge in [-0.1, -0.05) is 31.2 Å². The summed E-state index contributed by atoms with van der Waals surface area (Å²) in [7, 11) is -1.09. The molecule has 0 saturated heterocycles. The first-order valence-electron chi connectivity index (χ1n) is 7.16. The van der Waals surface area contributed by atoms with Gasteiger partial charge < -0.3 is 14.4 Å². The highest BCUT2D eigenvalue weighted by Crippen LogP contribution is 2.24. The fraction of sp³-hybridized carbons (Fsp3) is 0.533. The van der Waals surface area contributed by atoms with E-state index in [1.54, 1.807) is 0 Å². The van der Waals surface area contributed by atoms with Gasteiger partial charge in [0.1, 0.15) is 17.5 Å². The molecule has 0 fully saturated rings. The molecule has 4 nitrogen and oxygen atoms in total. The van der Waals surface area contributed by atoms with Crippen molar-refractivity contribution in [2.45, 2.75) is 45.9 Å². The molecule has 0 aliphatic rings. The van der Waals surface area contributed by atoms with E-state index in [1.165, 1.54) is 0 Å². The number of fused-ring (bicyclic) bond motifs is 1. The fourth-order valence-corrected chi connectivity index (χ4v) is 3.20. The van der Waals surface area contributed by atoms with E-state index in [2.05, 4.69) is 24.6 Å². The fourth-order valence-electron chi connectivity index (χ4n) is 2.20. The minimum absolute atomic E-state index is 0.0369. The summed E-state index contributed by atoms with van der Waals surface area (Å²) in [6.07, 6.45) is 0. The summed E-state index contributed by atoms with van der Waals surface area (Å²) >= 11 is 6.05. The van der Waals surface area contributed by atoms with E-state index in [4.69, 9.17) is 16.3 Å². The van der Waals surface area contributed by atoms with Gasteiger partial charge in [0.2, 0.25) is 0 Å². The molecule has 2 heterocycles. The van der Waals surface area contributed by atoms with Crippen molar-refractivity contribution in [2.24, 2.45) is 0 Å². The number of nitrogens with zero attached hydrogens (tertiary/aromatic N) is 2. The zero-order valence-electron chi connectivity index (χ0n) is 13.1. The molecule has 0 unspecified atom stereocenters. The number of rotatable bonds is 6. The van der Waals surface area contributed by atoms with E-state index in [0.717, 1.165) is 34.9 Å². The molecule has 0 aliphatic carbocycles. The molecule has 0 bridgehead atoms. The maximum atomic E-state index is 9.54. The second-order valence-corrected chi connectivity index (χ2v) is 12.6. The minimum atomic E-state index is -1.09. The topological polar surface area (TPSA) is 47.3 Å². The quantitative estimate of drug-likeness (QED) is 0.499. The number of pyridine rings is 1. The predicted molar refractivity (Wildman–Crippen MR) is 89.5 cm³/mol. The van der Waals surface area contributed by atoms with Crippen molar-refractivity contribution in [1.82, 2.24) is 9.55 Å². The molecule has 0 spiro atoms. The van der Waals surface area contributed by atoms with Gasteiger partial charge in [0.05, 0.1) is 6.61 Å². The first-order chi connectivity index (χ1) is 9.81. The summed E-state index contributed by atoms with van der Waals surface area (Å²) in [5.74, 6) is 0. The summed E-state index contributed by atoms with van der Waals surface area (Å²) < 4.78 is 7.69. The van der Waals surface area contributed by atoms with Crippen molar-refractivity contribution in [3.8, 4) is 0 Å². The number of aliphatic hydroxyl groups excluding tert-OH is 1. The zero-order chi connectivity index (χ0) is 15.6. The van der Waals surface area contributed by atoms with Crippen LogP contribution in [0.25, 0.3) is 11.0 Å². The van der Waals surface area contributed by atoms with Crippen molar-refractivity contribution < 1.29 is 9.84 Å². The Labute approximate surface area is 131 Å². The Hall–Kier alpha value is -0.883. The number of aliphatic hydroxyl groups is 1. The van der Waals surface area contributed by atoms with Crippen LogP contribution in [-0.2, 0) is 18.1 Å². The van der Waals surface area contributed by atoms with Gasteiger partial charge in [0.25, 0.3) is 0 Å². The van der Waals surface area contributed by atoms with Crippen molar-refractivity contribution in [3.63, 3.8) is 0 Å². The first-order valence-corrected chi connectivity index (χ1v) is 11.2. The molecule has 0 aromatic carbocycles. The lowest BCUT2D eigenvalue weighted by Gasteiger charge is -2.16. The Balaban J connectivity index is 2.21. The Bertz CT molecular complexity index is 635. The lowest BCUT2D eigenvalue weighted by Crippen LogP contribution is -2.22. The van der Waals surface area contributed by atoms with Crippen LogP contribution in [0.5, 0.6) is 0 Å². The number of hydrogen-bond acceptors (Lipinski definition) is 3. The van der Waals surface area contributed by atoms with Crippen molar-refractivity contribution in [2.75, 3.05) is 6.61 Å². The molecule has 21 heavy (non-hydrogen) atoms. The van der Waals surface area contributed by atoms with Crippen LogP contribution in [0.4, 0.5) is 0 Å². The van der Waals surface area contributed by atoms with Crippen molar-refractivity contribution >= 4 is 30.7 Å². The van der Waals surface area contributed by atoms with Gasteiger partial charge in [-0.25, -0.2) is 4.98 Å². The Kier molecular flexibility index (Phi) is 5.09. The van der Waals surface area contributed by atoms with Crippen molar-refractivity contribution in [1.29, 1.82) is 0 Å². The monoisotopic (exact) mass is 326 g/mol. The van der Waals surface area contributed by atoms with E-state index >= 15 is 0 Å². The summed E-state index contributed by atoms with van der Waals surface area (Å²) in [4.78, 5) is 4.38. The van der Waals surface area contributed by atoms with E-state index in [9.17, 15) is 5.11 Å². The highest BCUT2D eigenvalue weighted by atomic mass is 35.5. The molecule has 116 valence electrons. The Morgan fingerprint density at radius 3 is 2.67 bits per heavy atom. The number of ether oxygens (including phenoxy) is 1. The highest BCUT2D eigenvalue weighted by molar-refractivity contribution is 6.76. The van der Waals surface area contributed by atoms with Gasteiger partial charge in [-0.15, -0.1) is 0 Å². The largest absolute Gasteiger partial charge is 0.390 e. The Morgan fingerprint density at radius 1 is 1.33 bits per heavy atom. The first kappa shape index (κ1) is 16.5. The summed E-state index contributed by atoms with van der Waals surface area (Å²) in [6.45, 7) is 10.1. The van der Waals surface area contributed by atoms with Crippen LogP contribution in [0.2, 0.25) is 30.8 Å². The maximum Gasteiger partial charge on any atom is 0.144 e. The number of hydrogen-bond donors (Lipinski definition) is 1. The smallest absolute Gasteiger partial charge is 0.144 e.